The summed E-state index contributed by atoms with van der Waals surface area (Å²) >= 11 is 0. The predicted octanol–water partition coefficient (Wildman–Crippen LogP) is 1.98. The maximum absolute atomic E-state index is 12.0. The van der Waals surface area contributed by atoms with Crippen LogP contribution in [0.5, 0.6) is 0 Å². The van der Waals surface area contributed by atoms with Crippen molar-refractivity contribution >= 4 is 5.91 Å². The Balaban J connectivity index is 1.92. The van der Waals surface area contributed by atoms with E-state index in [4.69, 9.17) is 4.74 Å². The van der Waals surface area contributed by atoms with E-state index in [-0.39, 0.29) is 17.6 Å². The Morgan fingerprint density at radius 2 is 2.11 bits per heavy atom. The zero-order valence-electron chi connectivity index (χ0n) is 12.3. The molecule has 2 N–H and O–H groups in total. The van der Waals surface area contributed by atoms with Crippen LogP contribution in [0.15, 0.2) is 0 Å². The first kappa shape index (κ1) is 14.8. The third kappa shape index (κ3) is 3.69. The van der Waals surface area contributed by atoms with Crippen molar-refractivity contribution in [1.82, 2.24) is 10.6 Å². The summed E-state index contributed by atoms with van der Waals surface area (Å²) in [4.78, 5) is 12.0. The minimum atomic E-state index is -0.00277. The summed E-state index contributed by atoms with van der Waals surface area (Å²) in [5, 5.41) is 6.58. The number of hydrogen-bond acceptors (Lipinski definition) is 3. The van der Waals surface area contributed by atoms with E-state index in [1.807, 2.05) is 0 Å². The van der Waals surface area contributed by atoms with Gasteiger partial charge in [0.1, 0.15) is 0 Å². The third-order valence-electron chi connectivity index (χ3n) is 4.75. The molecule has 2 fully saturated rings. The van der Waals surface area contributed by atoms with Crippen LogP contribution >= 0.6 is 0 Å². The third-order valence-corrected chi connectivity index (χ3v) is 4.75. The lowest BCUT2D eigenvalue weighted by Crippen LogP contribution is -2.52. The van der Waals surface area contributed by atoms with Crippen LogP contribution in [-0.2, 0) is 9.53 Å². The fourth-order valence-corrected chi connectivity index (χ4v) is 3.30. The smallest absolute Gasteiger partial charge is 0.237 e. The van der Waals surface area contributed by atoms with E-state index in [1.54, 1.807) is 0 Å². The van der Waals surface area contributed by atoms with Crippen molar-refractivity contribution in [3.8, 4) is 0 Å². The lowest BCUT2D eigenvalue weighted by molar-refractivity contribution is -0.124. The molecule has 2 heterocycles. The monoisotopic (exact) mass is 268 g/mol. The topological polar surface area (TPSA) is 50.4 Å². The van der Waals surface area contributed by atoms with Gasteiger partial charge in [0.25, 0.3) is 0 Å². The first-order valence-corrected chi connectivity index (χ1v) is 7.87. The van der Waals surface area contributed by atoms with Crippen LogP contribution in [0.2, 0.25) is 0 Å². The number of nitrogens with one attached hydrogen (secondary N) is 2. The van der Waals surface area contributed by atoms with Crippen molar-refractivity contribution in [2.24, 2.45) is 0 Å². The van der Waals surface area contributed by atoms with Crippen LogP contribution in [-0.4, -0.2) is 36.7 Å². The Labute approximate surface area is 116 Å². The van der Waals surface area contributed by atoms with Crippen LogP contribution < -0.4 is 10.6 Å². The number of amides is 1. The van der Waals surface area contributed by atoms with Gasteiger partial charge in [-0.2, -0.15) is 0 Å². The highest BCUT2D eigenvalue weighted by Gasteiger charge is 2.36. The van der Waals surface area contributed by atoms with E-state index in [1.165, 1.54) is 0 Å². The van der Waals surface area contributed by atoms with Gasteiger partial charge in [0.2, 0.25) is 5.91 Å². The van der Waals surface area contributed by atoms with Crippen LogP contribution in [0.25, 0.3) is 0 Å². The highest BCUT2D eigenvalue weighted by molar-refractivity contribution is 5.81. The zero-order valence-corrected chi connectivity index (χ0v) is 12.3. The molecule has 2 saturated heterocycles. The molecular weight excluding hydrogens is 240 g/mol. The number of rotatable bonds is 4. The number of carbonyl (C=O) groups excluding carboxylic acids is 1. The fraction of sp³-hybridized carbons (Fsp3) is 0.933. The molecule has 2 aliphatic rings. The summed E-state index contributed by atoms with van der Waals surface area (Å²) in [5.41, 5.74) is 0.0249. The van der Waals surface area contributed by atoms with Crippen LogP contribution in [0.4, 0.5) is 0 Å². The molecule has 0 aromatic heterocycles. The van der Waals surface area contributed by atoms with Gasteiger partial charge in [-0.3, -0.25) is 4.79 Å². The van der Waals surface area contributed by atoms with Crippen molar-refractivity contribution in [3.05, 3.63) is 0 Å². The van der Waals surface area contributed by atoms with Crippen molar-refractivity contribution < 1.29 is 9.53 Å². The van der Waals surface area contributed by atoms with Crippen molar-refractivity contribution in [2.75, 3.05) is 13.2 Å². The van der Waals surface area contributed by atoms with E-state index in [2.05, 4.69) is 24.5 Å². The van der Waals surface area contributed by atoms with Gasteiger partial charge in [-0.05, 0) is 44.9 Å². The predicted molar refractivity (Wildman–Crippen MR) is 76.1 cm³/mol. The van der Waals surface area contributed by atoms with Crippen molar-refractivity contribution in [2.45, 2.75) is 76.5 Å². The Hall–Kier alpha value is -0.610. The lowest BCUT2D eigenvalue weighted by atomic mass is 9.85. The largest absolute Gasteiger partial charge is 0.375 e. The van der Waals surface area contributed by atoms with E-state index >= 15 is 0 Å². The summed E-state index contributed by atoms with van der Waals surface area (Å²) < 4.78 is 5.99. The average Bonchev–Trinajstić information content (AvgIpc) is 2.64. The maximum atomic E-state index is 12.0. The molecule has 2 atom stereocenters. The van der Waals surface area contributed by atoms with Crippen LogP contribution in [0.1, 0.15) is 58.8 Å². The minimum Gasteiger partial charge on any atom is -0.375 e. The summed E-state index contributed by atoms with van der Waals surface area (Å²) in [5.74, 6) is 0.183. The van der Waals surface area contributed by atoms with Gasteiger partial charge in [-0.15, -0.1) is 0 Å². The summed E-state index contributed by atoms with van der Waals surface area (Å²) in [6.45, 7) is 6.04. The van der Waals surface area contributed by atoms with Gasteiger partial charge in [0.15, 0.2) is 0 Å². The van der Waals surface area contributed by atoms with Gasteiger partial charge in [-0.1, -0.05) is 13.8 Å². The van der Waals surface area contributed by atoms with Crippen molar-refractivity contribution in [1.29, 1.82) is 0 Å². The molecule has 0 bridgehead atoms. The highest BCUT2D eigenvalue weighted by Crippen LogP contribution is 2.31. The van der Waals surface area contributed by atoms with Gasteiger partial charge < -0.3 is 15.4 Å². The summed E-state index contributed by atoms with van der Waals surface area (Å²) in [6, 6.07) is 0.416. The second kappa shape index (κ2) is 6.71. The normalized spacial score (nSPS) is 31.6. The zero-order chi connectivity index (χ0) is 13.7. The van der Waals surface area contributed by atoms with E-state index in [0.717, 1.165) is 58.1 Å². The van der Waals surface area contributed by atoms with E-state index < -0.39 is 0 Å². The second-order valence-electron chi connectivity index (χ2n) is 5.93. The van der Waals surface area contributed by atoms with E-state index in [9.17, 15) is 4.79 Å². The second-order valence-corrected chi connectivity index (χ2v) is 5.93. The van der Waals surface area contributed by atoms with Crippen LogP contribution in [0, 0.1) is 0 Å². The Morgan fingerprint density at radius 1 is 1.32 bits per heavy atom. The molecule has 0 radical (unpaired) electrons. The molecule has 1 amide bonds. The van der Waals surface area contributed by atoms with Gasteiger partial charge >= 0.3 is 0 Å². The Morgan fingerprint density at radius 3 is 2.84 bits per heavy atom. The molecule has 4 nitrogen and oxygen atoms in total. The SMILES string of the molecule is CCC1(CC)CC(NC2CCCCNC2=O)CCO1. The first-order chi connectivity index (χ1) is 9.19. The molecular formula is C15H28N2O2. The fourth-order valence-electron chi connectivity index (χ4n) is 3.30. The van der Waals surface area contributed by atoms with Gasteiger partial charge in [0.05, 0.1) is 11.6 Å². The van der Waals surface area contributed by atoms with Crippen LogP contribution in [0.3, 0.4) is 0 Å². The average molecular weight is 268 g/mol. The molecule has 0 saturated carbocycles. The first-order valence-electron chi connectivity index (χ1n) is 7.87. The molecule has 0 aliphatic carbocycles. The molecule has 0 spiro atoms. The van der Waals surface area contributed by atoms with E-state index in [0.29, 0.717) is 6.04 Å². The summed E-state index contributed by atoms with van der Waals surface area (Å²) in [6.07, 6.45) is 7.36. The minimum absolute atomic E-state index is 0.00277. The maximum Gasteiger partial charge on any atom is 0.237 e. The molecule has 2 rings (SSSR count). The number of carbonyl (C=O) groups is 1. The van der Waals surface area contributed by atoms with Gasteiger partial charge in [-0.25, -0.2) is 0 Å². The molecule has 0 aromatic rings. The summed E-state index contributed by atoms with van der Waals surface area (Å²) in [7, 11) is 0. The quantitative estimate of drug-likeness (QED) is 0.820. The van der Waals surface area contributed by atoms with Gasteiger partial charge in [0, 0.05) is 19.2 Å². The number of ether oxygens (including phenoxy) is 1. The molecule has 2 aliphatic heterocycles. The van der Waals surface area contributed by atoms with Crippen molar-refractivity contribution in [3.63, 3.8) is 0 Å². The molecule has 4 heteroatoms. The molecule has 2 unspecified atom stereocenters. The standard InChI is InChI=1S/C15H28N2O2/c1-3-15(4-2)11-12(8-10-19-15)17-13-7-5-6-9-16-14(13)18/h12-13,17H,3-11H2,1-2H3,(H,16,18). The number of hydrogen-bond donors (Lipinski definition) is 2. The highest BCUT2D eigenvalue weighted by atomic mass is 16.5. The molecule has 110 valence electrons. The lowest BCUT2D eigenvalue weighted by Gasteiger charge is -2.41. The Bertz CT molecular complexity index is 303. The Kier molecular flexibility index (Phi) is 5.22. The molecule has 19 heavy (non-hydrogen) atoms. The molecule has 0 aromatic carbocycles.